The molecule has 0 atom stereocenters. The highest BCUT2D eigenvalue weighted by Gasteiger charge is 2.30. The standard InChI is InChI=1S/C16H33NS/c1-4-10-16(14-18,11-5-2)13-17(6-3)12-15-8-7-9-15/h15,18H,4-14H2,1-3H3. The first-order chi connectivity index (χ1) is 8.69. The van der Waals surface area contributed by atoms with Gasteiger partial charge in [0.05, 0.1) is 0 Å². The van der Waals surface area contributed by atoms with Crippen LogP contribution in [0.15, 0.2) is 0 Å². The molecule has 0 unspecified atom stereocenters. The molecule has 108 valence electrons. The van der Waals surface area contributed by atoms with Crippen LogP contribution in [0.5, 0.6) is 0 Å². The molecule has 0 aromatic rings. The second kappa shape index (κ2) is 8.47. The van der Waals surface area contributed by atoms with E-state index in [1.165, 1.54) is 64.6 Å². The summed E-state index contributed by atoms with van der Waals surface area (Å²) >= 11 is 4.68. The summed E-state index contributed by atoms with van der Waals surface area (Å²) in [5, 5.41) is 0. The summed E-state index contributed by atoms with van der Waals surface area (Å²) in [5.74, 6) is 2.04. The van der Waals surface area contributed by atoms with E-state index >= 15 is 0 Å². The lowest BCUT2D eigenvalue weighted by atomic mass is 9.79. The van der Waals surface area contributed by atoms with E-state index in [1.807, 2.05) is 0 Å². The molecule has 0 radical (unpaired) electrons. The third-order valence-corrected chi connectivity index (χ3v) is 5.31. The molecule has 0 aromatic heterocycles. The topological polar surface area (TPSA) is 3.24 Å². The van der Waals surface area contributed by atoms with E-state index in [1.54, 1.807) is 0 Å². The summed E-state index contributed by atoms with van der Waals surface area (Å²) in [5.41, 5.74) is 0.465. The van der Waals surface area contributed by atoms with Crippen LogP contribution in [-0.2, 0) is 0 Å². The first-order valence-corrected chi connectivity index (χ1v) is 8.66. The fourth-order valence-corrected chi connectivity index (χ4v) is 3.79. The molecule has 1 rings (SSSR count). The fourth-order valence-electron chi connectivity index (χ4n) is 3.37. The molecule has 2 heteroatoms. The third-order valence-electron chi connectivity index (χ3n) is 4.64. The van der Waals surface area contributed by atoms with E-state index in [4.69, 9.17) is 0 Å². The minimum absolute atomic E-state index is 0.465. The first-order valence-electron chi connectivity index (χ1n) is 8.03. The lowest BCUT2D eigenvalue weighted by Gasteiger charge is -2.40. The summed E-state index contributed by atoms with van der Waals surface area (Å²) in [6, 6.07) is 0. The zero-order chi connectivity index (χ0) is 13.4. The normalized spacial score (nSPS) is 17.2. The second-order valence-corrected chi connectivity index (χ2v) is 6.60. The van der Waals surface area contributed by atoms with E-state index in [9.17, 15) is 0 Å². The Hall–Kier alpha value is 0.310. The Morgan fingerprint density at radius 2 is 1.72 bits per heavy atom. The van der Waals surface area contributed by atoms with Gasteiger partial charge in [0, 0.05) is 13.1 Å². The van der Waals surface area contributed by atoms with Gasteiger partial charge in [-0.3, -0.25) is 0 Å². The summed E-state index contributed by atoms with van der Waals surface area (Å²) in [6.45, 7) is 10.8. The van der Waals surface area contributed by atoms with Crippen LogP contribution < -0.4 is 0 Å². The van der Waals surface area contributed by atoms with Crippen molar-refractivity contribution in [3.63, 3.8) is 0 Å². The van der Waals surface area contributed by atoms with Crippen LogP contribution >= 0.6 is 12.6 Å². The highest BCUT2D eigenvalue weighted by molar-refractivity contribution is 7.80. The van der Waals surface area contributed by atoms with E-state index in [0.29, 0.717) is 5.41 Å². The van der Waals surface area contributed by atoms with Crippen molar-refractivity contribution in [2.45, 2.75) is 65.7 Å². The van der Waals surface area contributed by atoms with Gasteiger partial charge in [-0.1, -0.05) is 40.0 Å². The van der Waals surface area contributed by atoms with Crippen molar-refractivity contribution < 1.29 is 0 Å². The highest BCUT2D eigenvalue weighted by Crippen LogP contribution is 2.34. The molecule has 18 heavy (non-hydrogen) atoms. The first kappa shape index (κ1) is 16.4. The van der Waals surface area contributed by atoms with Crippen molar-refractivity contribution in [1.82, 2.24) is 4.90 Å². The molecule has 0 spiro atoms. The Morgan fingerprint density at radius 1 is 1.11 bits per heavy atom. The van der Waals surface area contributed by atoms with Gasteiger partial charge < -0.3 is 4.90 Å². The number of hydrogen-bond acceptors (Lipinski definition) is 2. The highest BCUT2D eigenvalue weighted by atomic mass is 32.1. The molecule has 0 N–H and O–H groups in total. The maximum absolute atomic E-state index is 4.68. The Labute approximate surface area is 120 Å². The van der Waals surface area contributed by atoms with Crippen molar-refractivity contribution in [3.8, 4) is 0 Å². The molecule has 1 saturated carbocycles. The van der Waals surface area contributed by atoms with Crippen LogP contribution in [0.25, 0.3) is 0 Å². The third kappa shape index (κ3) is 4.77. The van der Waals surface area contributed by atoms with E-state index in [2.05, 4.69) is 38.3 Å². The lowest BCUT2D eigenvalue weighted by Crippen LogP contribution is -2.42. The van der Waals surface area contributed by atoms with Crippen molar-refractivity contribution in [3.05, 3.63) is 0 Å². The summed E-state index contributed by atoms with van der Waals surface area (Å²) in [7, 11) is 0. The number of nitrogens with zero attached hydrogens (tertiary/aromatic N) is 1. The average Bonchev–Trinajstić information content (AvgIpc) is 2.32. The van der Waals surface area contributed by atoms with Gasteiger partial charge in [-0.15, -0.1) is 0 Å². The van der Waals surface area contributed by atoms with E-state index in [0.717, 1.165) is 11.7 Å². The quantitative estimate of drug-likeness (QED) is 0.567. The molecule has 0 bridgehead atoms. The maximum Gasteiger partial charge on any atom is 0.00458 e. The van der Waals surface area contributed by atoms with Crippen LogP contribution in [-0.4, -0.2) is 30.3 Å². The molecule has 0 heterocycles. The van der Waals surface area contributed by atoms with Crippen molar-refractivity contribution in [2.75, 3.05) is 25.4 Å². The Balaban J connectivity index is 2.53. The van der Waals surface area contributed by atoms with Crippen LogP contribution in [0.1, 0.15) is 65.7 Å². The molecule has 1 fully saturated rings. The smallest absolute Gasteiger partial charge is 0.00458 e. The molecule has 0 amide bonds. The minimum Gasteiger partial charge on any atom is -0.303 e. The van der Waals surface area contributed by atoms with Gasteiger partial charge in [0.15, 0.2) is 0 Å². The van der Waals surface area contributed by atoms with E-state index in [-0.39, 0.29) is 0 Å². The van der Waals surface area contributed by atoms with Crippen molar-refractivity contribution in [1.29, 1.82) is 0 Å². The van der Waals surface area contributed by atoms with Gasteiger partial charge in [0.1, 0.15) is 0 Å². The summed E-state index contributed by atoms with van der Waals surface area (Å²) in [4.78, 5) is 2.70. The SMILES string of the molecule is CCCC(CS)(CCC)CN(CC)CC1CCC1. The zero-order valence-corrected chi connectivity index (χ0v) is 13.6. The molecule has 0 aliphatic heterocycles. The predicted molar refractivity (Wildman–Crippen MR) is 85.6 cm³/mol. The van der Waals surface area contributed by atoms with Crippen molar-refractivity contribution in [2.24, 2.45) is 11.3 Å². The number of thiol groups is 1. The monoisotopic (exact) mass is 271 g/mol. The Kier molecular flexibility index (Phi) is 7.70. The fraction of sp³-hybridized carbons (Fsp3) is 1.00. The average molecular weight is 272 g/mol. The minimum atomic E-state index is 0.465. The largest absolute Gasteiger partial charge is 0.303 e. The van der Waals surface area contributed by atoms with E-state index < -0.39 is 0 Å². The predicted octanol–water partition coefficient (Wildman–Crippen LogP) is 4.62. The Bertz CT molecular complexity index is 207. The van der Waals surface area contributed by atoms with Gasteiger partial charge in [-0.2, -0.15) is 12.6 Å². The summed E-state index contributed by atoms with van der Waals surface area (Å²) in [6.07, 6.45) is 9.65. The van der Waals surface area contributed by atoms with Crippen LogP contribution in [0.4, 0.5) is 0 Å². The molecular weight excluding hydrogens is 238 g/mol. The molecule has 1 aliphatic carbocycles. The maximum atomic E-state index is 4.68. The second-order valence-electron chi connectivity index (χ2n) is 6.28. The van der Waals surface area contributed by atoms with Crippen molar-refractivity contribution >= 4 is 12.6 Å². The van der Waals surface area contributed by atoms with Crippen LogP contribution in [0, 0.1) is 11.3 Å². The summed E-state index contributed by atoms with van der Waals surface area (Å²) < 4.78 is 0. The molecule has 1 aliphatic rings. The molecule has 1 nitrogen and oxygen atoms in total. The number of hydrogen-bond donors (Lipinski definition) is 1. The molecule has 0 saturated heterocycles. The molecule has 0 aromatic carbocycles. The molecular formula is C16H33NS. The van der Waals surface area contributed by atoms with Gasteiger partial charge >= 0.3 is 0 Å². The van der Waals surface area contributed by atoms with Crippen LogP contribution in [0.2, 0.25) is 0 Å². The zero-order valence-electron chi connectivity index (χ0n) is 12.7. The Morgan fingerprint density at radius 3 is 2.06 bits per heavy atom. The number of rotatable bonds is 10. The van der Waals surface area contributed by atoms with Gasteiger partial charge in [0.2, 0.25) is 0 Å². The van der Waals surface area contributed by atoms with Gasteiger partial charge in [0.25, 0.3) is 0 Å². The van der Waals surface area contributed by atoms with Crippen LogP contribution in [0.3, 0.4) is 0 Å². The van der Waals surface area contributed by atoms with Gasteiger partial charge in [-0.25, -0.2) is 0 Å². The lowest BCUT2D eigenvalue weighted by molar-refractivity contribution is 0.114. The van der Waals surface area contributed by atoms with Gasteiger partial charge in [-0.05, 0) is 49.3 Å².